The molecule has 1 atom stereocenters. The van der Waals surface area contributed by atoms with Crippen molar-refractivity contribution in [2.24, 2.45) is 10.7 Å². The van der Waals surface area contributed by atoms with Gasteiger partial charge in [-0.15, -0.1) is 0 Å². The van der Waals surface area contributed by atoms with Crippen LogP contribution in [-0.2, 0) is 12.0 Å². The van der Waals surface area contributed by atoms with Gasteiger partial charge < -0.3 is 10.3 Å². The number of nitrogens with two attached hydrogens (primary N) is 1. The predicted molar refractivity (Wildman–Crippen MR) is 257 cm³/mol. The maximum Gasteiger partial charge on any atom is 0.128 e. The number of aromatic nitrogens is 1. The molecule has 3 N–H and O–H groups in total. The molecule has 0 amide bonds. The van der Waals surface area contributed by atoms with Crippen molar-refractivity contribution in [3.63, 3.8) is 0 Å². The van der Waals surface area contributed by atoms with Crippen molar-refractivity contribution < 1.29 is 0 Å². The summed E-state index contributed by atoms with van der Waals surface area (Å²) in [6.45, 7) is 0.591. The van der Waals surface area contributed by atoms with Crippen LogP contribution in [0.4, 0.5) is 0 Å². The van der Waals surface area contributed by atoms with Crippen molar-refractivity contribution in [2.45, 2.75) is 18.1 Å². The van der Waals surface area contributed by atoms with Gasteiger partial charge in [0.15, 0.2) is 0 Å². The first-order valence-electron chi connectivity index (χ1n) is 21.3. The third kappa shape index (κ3) is 6.23. The van der Waals surface area contributed by atoms with Gasteiger partial charge in [-0.05, 0) is 86.0 Å². The van der Waals surface area contributed by atoms with E-state index in [4.69, 9.17) is 10.7 Å². The van der Waals surface area contributed by atoms with Crippen LogP contribution in [0.3, 0.4) is 0 Å². The average Bonchev–Trinajstić information content (AvgIpc) is 3.84. The van der Waals surface area contributed by atoms with Crippen LogP contribution in [0.5, 0.6) is 0 Å². The maximum atomic E-state index is 6.60. The van der Waals surface area contributed by atoms with Gasteiger partial charge in [-0.3, -0.25) is 5.32 Å². The van der Waals surface area contributed by atoms with Gasteiger partial charge in [0.05, 0.1) is 16.4 Å². The Morgan fingerprint density at radius 1 is 0.532 bits per heavy atom. The summed E-state index contributed by atoms with van der Waals surface area (Å²) >= 11 is 0. The van der Waals surface area contributed by atoms with Crippen LogP contribution in [0.15, 0.2) is 236 Å². The molecule has 0 radical (unpaired) electrons. The second-order valence-electron chi connectivity index (χ2n) is 16.1. The molecule has 4 nitrogen and oxygen atoms in total. The van der Waals surface area contributed by atoms with Crippen LogP contribution in [0.1, 0.15) is 45.1 Å². The van der Waals surface area contributed by atoms with E-state index in [1.165, 1.54) is 60.8 Å². The molecule has 1 aliphatic carbocycles. The van der Waals surface area contributed by atoms with Gasteiger partial charge in [0.1, 0.15) is 12.0 Å². The number of benzene rings is 9. The highest BCUT2D eigenvalue weighted by molar-refractivity contribution is 6.19. The minimum Gasteiger partial charge on any atom is -0.383 e. The number of nitrogens with zero attached hydrogens (tertiary/aromatic N) is 2. The Bertz CT molecular complexity index is 3190. The van der Waals surface area contributed by atoms with Crippen LogP contribution in [-0.4, -0.2) is 10.4 Å². The van der Waals surface area contributed by atoms with Crippen LogP contribution >= 0.6 is 0 Å². The minimum atomic E-state index is -0.499. The normalized spacial score (nSPS) is 13.5. The largest absolute Gasteiger partial charge is 0.383 e. The molecule has 62 heavy (non-hydrogen) atoms. The summed E-state index contributed by atoms with van der Waals surface area (Å²) < 4.78 is 2.46. The van der Waals surface area contributed by atoms with Crippen LogP contribution in [0.25, 0.3) is 49.7 Å². The van der Waals surface area contributed by atoms with Crippen molar-refractivity contribution in [1.82, 2.24) is 9.88 Å². The van der Waals surface area contributed by atoms with E-state index >= 15 is 0 Å². The summed E-state index contributed by atoms with van der Waals surface area (Å²) in [5, 5.41) is 6.22. The second-order valence-corrected chi connectivity index (χ2v) is 16.1. The summed E-state index contributed by atoms with van der Waals surface area (Å²) in [7, 11) is 0. The lowest BCUT2D eigenvalue weighted by atomic mass is 9.67. The third-order valence-electron chi connectivity index (χ3n) is 12.6. The molecule has 1 aliphatic rings. The molecule has 0 fully saturated rings. The predicted octanol–water partition coefficient (Wildman–Crippen LogP) is 13.0. The smallest absolute Gasteiger partial charge is 0.128 e. The summed E-state index contributed by atoms with van der Waals surface area (Å²) in [4.78, 5) is 5.00. The van der Waals surface area contributed by atoms with Crippen molar-refractivity contribution in [3.8, 4) is 27.9 Å². The number of nitrogens with one attached hydrogen (secondary N) is 1. The van der Waals surface area contributed by atoms with E-state index in [9.17, 15) is 0 Å². The van der Waals surface area contributed by atoms with E-state index in [0.29, 0.717) is 12.4 Å². The Kier molecular flexibility index (Phi) is 9.41. The summed E-state index contributed by atoms with van der Waals surface area (Å²) in [5.74, 6) is 0.499. The zero-order chi connectivity index (χ0) is 41.5. The van der Waals surface area contributed by atoms with Crippen LogP contribution in [0.2, 0.25) is 0 Å². The fourth-order valence-corrected chi connectivity index (χ4v) is 9.85. The van der Waals surface area contributed by atoms with Gasteiger partial charge >= 0.3 is 0 Å². The summed E-state index contributed by atoms with van der Waals surface area (Å²) in [6.07, 6.45) is -0.332. The lowest BCUT2D eigenvalue weighted by Gasteiger charge is -2.33. The standard InChI is InChI=1S/C58H44N4/c59-56(42-22-8-2-9-23-42)61-57(43-24-10-3-11-25-43)60-39-40-19-18-30-47(37-40)62-52-35-33-44(41-20-6-1-7-21-41)38-49(52)55-53(62)36-34-51-54(55)48-31-16-17-32-50(48)58(51,45-26-12-4-13-27-45)46-28-14-5-15-29-46/h1-38,57,60H,39H2,(H2,59,61)/t57-/m0/s1. The zero-order valence-corrected chi connectivity index (χ0v) is 34.2. The zero-order valence-electron chi connectivity index (χ0n) is 34.2. The van der Waals surface area contributed by atoms with E-state index in [2.05, 4.69) is 192 Å². The number of aliphatic imine (C=N–C) groups is 1. The first-order chi connectivity index (χ1) is 30.7. The SMILES string of the molecule is NC(=N[C@H](NCc1cccc(-n2c3ccc(-c4ccccc4)cc3c3c4c(ccc32)C(c2ccccc2)(c2ccccc2)c2ccccc2-4)c1)c1ccccc1)c1ccccc1. The highest BCUT2D eigenvalue weighted by atomic mass is 15.1. The molecule has 0 aliphatic heterocycles. The topological polar surface area (TPSA) is 55.3 Å². The van der Waals surface area contributed by atoms with E-state index in [-0.39, 0.29) is 6.17 Å². The van der Waals surface area contributed by atoms with Gasteiger partial charge in [-0.2, -0.15) is 0 Å². The molecule has 9 aromatic carbocycles. The number of hydrogen-bond acceptors (Lipinski definition) is 2. The monoisotopic (exact) mass is 796 g/mol. The molecule has 1 aromatic heterocycles. The third-order valence-corrected chi connectivity index (χ3v) is 12.6. The molecule has 0 saturated carbocycles. The molecule has 296 valence electrons. The van der Waals surface area contributed by atoms with Gasteiger partial charge in [-0.1, -0.05) is 200 Å². The summed E-state index contributed by atoms with van der Waals surface area (Å²) in [6, 6.07) is 82.8. The molecular formula is C58H44N4. The molecule has 0 bridgehead atoms. The lowest BCUT2D eigenvalue weighted by molar-refractivity contribution is 0.554. The molecule has 4 heteroatoms. The number of amidine groups is 1. The molecule has 0 saturated heterocycles. The Morgan fingerprint density at radius 2 is 1.15 bits per heavy atom. The lowest BCUT2D eigenvalue weighted by Crippen LogP contribution is -2.28. The van der Waals surface area contributed by atoms with Crippen molar-refractivity contribution in [3.05, 3.63) is 269 Å². The number of rotatable bonds is 10. The summed E-state index contributed by atoms with van der Waals surface area (Å²) in [5.41, 5.74) is 22.7. The van der Waals surface area contributed by atoms with E-state index in [1.54, 1.807) is 0 Å². The van der Waals surface area contributed by atoms with E-state index in [1.807, 2.05) is 48.5 Å². The molecule has 10 aromatic rings. The molecule has 0 spiro atoms. The molecular weight excluding hydrogens is 753 g/mol. The van der Waals surface area contributed by atoms with Crippen molar-refractivity contribution in [2.75, 3.05) is 0 Å². The average molecular weight is 797 g/mol. The quantitative estimate of drug-likeness (QED) is 0.107. The Morgan fingerprint density at radius 3 is 1.85 bits per heavy atom. The van der Waals surface area contributed by atoms with Crippen LogP contribution in [0, 0.1) is 0 Å². The number of hydrogen-bond donors (Lipinski definition) is 2. The Hall–Kier alpha value is -7.79. The van der Waals surface area contributed by atoms with Gasteiger partial charge in [0, 0.05) is 28.6 Å². The highest BCUT2D eigenvalue weighted by Crippen LogP contribution is 2.59. The Balaban J connectivity index is 1.10. The van der Waals surface area contributed by atoms with Crippen molar-refractivity contribution >= 4 is 27.6 Å². The van der Waals surface area contributed by atoms with Gasteiger partial charge in [-0.25, -0.2) is 4.99 Å². The maximum absolute atomic E-state index is 6.60. The Labute approximate surface area is 362 Å². The minimum absolute atomic E-state index is 0.332. The molecule has 1 heterocycles. The second kappa shape index (κ2) is 15.7. The van der Waals surface area contributed by atoms with Crippen molar-refractivity contribution in [1.29, 1.82) is 0 Å². The first kappa shape index (κ1) is 37.2. The number of fused-ring (bicyclic) bond motifs is 7. The van der Waals surface area contributed by atoms with E-state index in [0.717, 1.165) is 27.9 Å². The van der Waals surface area contributed by atoms with Gasteiger partial charge in [0.2, 0.25) is 0 Å². The molecule has 0 unspecified atom stereocenters. The first-order valence-corrected chi connectivity index (χ1v) is 21.3. The fourth-order valence-electron chi connectivity index (χ4n) is 9.85. The van der Waals surface area contributed by atoms with Crippen LogP contribution < -0.4 is 11.1 Å². The van der Waals surface area contributed by atoms with E-state index < -0.39 is 5.41 Å². The molecule has 11 rings (SSSR count). The highest BCUT2D eigenvalue weighted by Gasteiger charge is 2.47. The van der Waals surface area contributed by atoms with Gasteiger partial charge in [0.25, 0.3) is 0 Å². The fraction of sp³-hybridized carbons (Fsp3) is 0.0517.